The number of hydrogen-bond acceptors (Lipinski definition) is 3. The van der Waals surface area contributed by atoms with E-state index in [1.54, 1.807) is 0 Å². The molecule has 0 spiro atoms. The number of pyridine rings is 1. The number of nitrogens with zero attached hydrogens (tertiary/aromatic N) is 3. The summed E-state index contributed by atoms with van der Waals surface area (Å²) in [5, 5.41) is 7.90. The molecule has 2 aromatic rings. The van der Waals surface area contributed by atoms with E-state index in [-0.39, 0.29) is 0 Å². The predicted octanol–water partition coefficient (Wildman–Crippen LogP) is 3.21. The first-order valence-corrected chi connectivity index (χ1v) is 7.76. The molecular weight excluding hydrogens is 316 g/mol. The standard InChI is InChI=1S/C15H21BrN4/c1-4-8-17-9-13-6-5-7-14(18-13)10-20-12(3)15(16)11(2)19-20/h5-7,17H,4,8-10H2,1-3H3. The molecule has 0 radical (unpaired) electrons. The zero-order chi connectivity index (χ0) is 14.5. The molecule has 0 unspecified atom stereocenters. The van der Waals surface area contributed by atoms with Gasteiger partial charge in [0.15, 0.2) is 0 Å². The minimum Gasteiger partial charge on any atom is -0.311 e. The molecule has 0 bridgehead atoms. The molecule has 0 amide bonds. The summed E-state index contributed by atoms with van der Waals surface area (Å²) in [4.78, 5) is 4.68. The van der Waals surface area contributed by atoms with Crippen molar-refractivity contribution >= 4 is 15.9 Å². The summed E-state index contributed by atoms with van der Waals surface area (Å²) >= 11 is 3.56. The average Bonchev–Trinajstić information content (AvgIpc) is 2.67. The molecule has 0 aromatic carbocycles. The molecule has 2 heterocycles. The zero-order valence-corrected chi connectivity index (χ0v) is 13.9. The summed E-state index contributed by atoms with van der Waals surface area (Å²) in [5.74, 6) is 0. The van der Waals surface area contributed by atoms with Crippen molar-refractivity contribution in [2.75, 3.05) is 6.54 Å². The van der Waals surface area contributed by atoms with Crippen molar-refractivity contribution in [3.63, 3.8) is 0 Å². The van der Waals surface area contributed by atoms with Crippen LogP contribution in [-0.2, 0) is 13.1 Å². The predicted molar refractivity (Wildman–Crippen MR) is 84.7 cm³/mol. The quantitative estimate of drug-likeness (QED) is 0.823. The molecule has 0 saturated carbocycles. The number of rotatable bonds is 6. The van der Waals surface area contributed by atoms with Gasteiger partial charge in [-0.1, -0.05) is 13.0 Å². The van der Waals surface area contributed by atoms with Gasteiger partial charge in [0, 0.05) is 6.54 Å². The molecule has 5 heteroatoms. The van der Waals surface area contributed by atoms with Gasteiger partial charge in [-0.05, 0) is 54.9 Å². The van der Waals surface area contributed by atoms with E-state index in [2.05, 4.69) is 57.3 Å². The Labute approximate surface area is 128 Å². The van der Waals surface area contributed by atoms with Crippen LogP contribution in [0.2, 0.25) is 0 Å². The van der Waals surface area contributed by atoms with Crippen molar-refractivity contribution in [2.24, 2.45) is 0 Å². The van der Waals surface area contributed by atoms with E-state index in [1.807, 2.05) is 17.7 Å². The first-order valence-electron chi connectivity index (χ1n) is 6.96. The van der Waals surface area contributed by atoms with Crippen molar-refractivity contribution in [1.82, 2.24) is 20.1 Å². The molecule has 0 atom stereocenters. The third kappa shape index (κ3) is 3.67. The Morgan fingerprint density at radius 2 is 2.00 bits per heavy atom. The Morgan fingerprint density at radius 1 is 1.25 bits per heavy atom. The van der Waals surface area contributed by atoms with Gasteiger partial charge in [0.1, 0.15) is 0 Å². The number of aromatic nitrogens is 3. The fraction of sp³-hybridized carbons (Fsp3) is 0.467. The average molecular weight is 337 g/mol. The number of hydrogen-bond donors (Lipinski definition) is 1. The first-order chi connectivity index (χ1) is 9.61. The van der Waals surface area contributed by atoms with E-state index in [4.69, 9.17) is 0 Å². The maximum absolute atomic E-state index is 4.68. The van der Waals surface area contributed by atoms with Crippen LogP contribution in [0.4, 0.5) is 0 Å². The lowest BCUT2D eigenvalue weighted by molar-refractivity contribution is 0.632. The third-order valence-electron chi connectivity index (χ3n) is 3.20. The van der Waals surface area contributed by atoms with E-state index >= 15 is 0 Å². The summed E-state index contributed by atoms with van der Waals surface area (Å²) in [6, 6.07) is 6.17. The fourth-order valence-electron chi connectivity index (χ4n) is 2.09. The lowest BCUT2D eigenvalue weighted by atomic mass is 10.3. The van der Waals surface area contributed by atoms with Crippen LogP contribution >= 0.6 is 15.9 Å². The van der Waals surface area contributed by atoms with Crippen molar-refractivity contribution in [3.05, 3.63) is 45.4 Å². The summed E-state index contributed by atoms with van der Waals surface area (Å²) < 4.78 is 3.07. The highest BCUT2D eigenvalue weighted by Crippen LogP contribution is 2.20. The minimum absolute atomic E-state index is 0.708. The normalized spacial score (nSPS) is 11.0. The van der Waals surface area contributed by atoms with Gasteiger partial charge in [0.05, 0.1) is 33.8 Å². The first kappa shape index (κ1) is 15.2. The number of nitrogens with one attached hydrogen (secondary N) is 1. The van der Waals surface area contributed by atoms with E-state index < -0.39 is 0 Å². The van der Waals surface area contributed by atoms with Crippen LogP contribution in [0.5, 0.6) is 0 Å². The molecule has 1 N–H and O–H groups in total. The Kier molecular flexibility index (Phi) is 5.31. The summed E-state index contributed by atoms with van der Waals surface area (Å²) in [7, 11) is 0. The van der Waals surface area contributed by atoms with Gasteiger partial charge in [-0.25, -0.2) is 0 Å². The highest BCUT2D eigenvalue weighted by Gasteiger charge is 2.09. The van der Waals surface area contributed by atoms with E-state index in [0.29, 0.717) is 6.54 Å². The van der Waals surface area contributed by atoms with Crippen LogP contribution in [0, 0.1) is 13.8 Å². The second-order valence-electron chi connectivity index (χ2n) is 4.94. The van der Waals surface area contributed by atoms with Crippen LogP contribution < -0.4 is 5.32 Å². The van der Waals surface area contributed by atoms with Gasteiger partial charge >= 0.3 is 0 Å². The summed E-state index contributed by atoms with van der Waals surface area (Å²) in [6.45, 7) is 8.79. The molecule has 108 valence electrons. The third-order valence-corrected chi connectivity index (χ3v) is 4.35. The zero-order valence-electron chi connectivity index (χ0n) is 12.3. The lowest BCUT2D eigenvalue weighted by Crippen LogP contribution is -2.15. The van der Waals surface area contributed by atoms with Crippen molar-refractivity contribution in [2.45, 2.75) is 40.3 Å². The van der Waals surface area contributed by atoms with Crippen LogP contribution in [0.1, 0.15) is 36.1 Å². The maximum Gasteiger partial charge on any atom is 0.0835 e. The van der Waals surface area contributed by atoms with Crippen molar-refractivity contribution in [1.29, 1.82) is 0 Å². The molecule has 4 nitrogen and oxygen atoms in total. The van der Waals surface area contributed by atoms with Gasteiger partial charge < -0.3 is 5.32 Å². The molecule has 0 aliphatic rings. The van der Waals surface area contributed by atoms with Crippen molar-refractivity contribution < 1.29 is 0 Å². The van der Waals surface area contributed by atoms with Gasteiger partial charge in [-0.3, -0.25) is 9.67 Å². The molecule has 20 heavy (non-hydrogen) atoms. The molecular formula is C15H21BrN4. The van der Waals surface area contributed by atoms with Gasteiger partial charge in [0.25, 0.3) is 0 Å². The second kappa shape index (κ2) is 6.99. The smallest absolute Gasteiger partial charge is 0.0835 e. The molecule has 0 aliphatic heterocycles. The molecule has 2 rings (SSSR count). The SMILES string of the molecule is CCCNCc1cccc(Cn2nc(C)c(Br)c2C)n1. The van der Waals surface area contributed by atoms with Crippen LogP contribution in [-0.4, -0.2) is 21.3 Å². The van der Waals surface area contributed by atoms with E-state index in [1.165, 1.54) is 0 Å². The Balaban J connectivity index is 2.09. The van der Waals surface area contributed by atoms with Gasteiger partial charge in [-0.2, -0.15) is 5.10 Å². The number of aryl methyl sites for hydroxylation is 1. The van der Waals surface area contributed by atoms with Crippen LogP contribution in [0.15, 0.2) is 22.7 Å². The molecule has 0 saturated heterocycles. The molecule has 0 fully saturated rings. The van der Waals surface area contributed by atoms with Crippen LogP contribution in [0.25, 0.3) is 0 Å². The minimum atomic E-state index is 0.708. The lowest BCUT2D eigenvalue weighted by Gasteiger charge is -2.07. The Morgan fingerprint density at radius 3 is 2.65 bits per heavy atom. The summed E-state index contributed by atoms with van der Waals surface area (Å²) in [6.07, 6.45) is 1.14. The largest absolute Gasteiger partial charge is 0.311 e. The Bertz CT molecular complexity index is 577. The summed E-state index contributed by atoms with van der Waals surface area (Å²) in [5.41, 5.74) is 4.28. The van der Waals surface area contributed by atoms with Gasteiger partial charge in [-0.15, -0.1) is 0 Å². The fourth-order valence-corrected chi connectivity index (χ4v) is 2.38. The van der Waals surface area contributed by atoms with E-state index in [9.17, 15) is 0 Å². The van der Waals surface area contributed by atoms with Crippen LogP contribution in [0.3, 0.4) is 0 Å². The number of halogens is 1. The molecule has 2 aromatic heterocycles. The topological polar surface area (TPSA) is 42.7 Å². The Hall–Kier alpha value is -1.20. The van der Waals surface area contributed by atoms with Crippen molar-refractivity contribution in [3.8, 4) is 0 Å². The second-order valence-corrected chi connectivity index (χ2v) is 5.73. The van der Waals surface area contributed by atoms with Gasteiger partial charge in [0.2, 0.25) is 0 Å². The highest BCUT2D eigenvalue weighted by atomic mass is 79.9. The maximum atomic E-state index is 4.68. The van der Waals surface area contributed by atoms with E-state index in [0.717, 1.165) is 46.8 Å². The monoisotopic (exact) mass is 336 g/mol. The highest BCUT2D eigenvalue weighted by molar-refractivity contribution is 9.10. The molecule has 0 aliphatic carbocycles.